The molecule has 0 radical (unpaired) electrons. The Kier molecular flexibility index (Phi) is 4.44. The van der Waals surface area contributed by atoms with Crippen LogP contribution < -0.4 is 0 Å². The number of esters is 1. The van der Waals surface area contributed by atoms with Crippen molar-refractivity contribution < 1.29 is 35.9 Å². The summed E-state index contributed by atoms with van der Waals surface area (Å²) in [4.78, 5) is 10.4. The number of carbonyl (C=O) groups excluding carboxylic acids is 1. The summed E-state index contributed by atoms with van der Waals surface area (Å²) in [5, 5.41) is 0. The van der Waals surface area contributed by atoms with Gasteiger partial charge in [-0.05, 0) is 13.6 Å². The highest BCUT2D eigenvalue weighted by atomic mass is 19.4. The second-order valence-corrected chi connectivity index (χ2v) is 3.25. The molecule has 0 aromatic carbocycles. The van der Waals surface area contributed by atoms with Crippen molar-refractivity contribution in [2.75, 3.05) is 13.6 Å². The number of ether oxygens (including phenoxy) is 1. The molecular weight excluding hydrogens is 256 g/mol. The predicted octanol–water partition coefficient (Wildman–Crippen LogP) is 2.32. The summed E-state index contributed by atoms with van der Waals surface area (Å²) in [6, 6.07) is 0. The van der Waals surface area contributed by atoms with Gasteiger partial charge < -0.3 is 4.74 Å². The molecule has 0 saturated carbocycles. The molecular formula is C8H11F6NO2. The predicted molar refractivity (Wildman–Crippen MR) is 44.9 cm³/mol. The van der Waals surface area contributed by atoms with E-state index in [1.807, 2.05) is 0 Å². The van der Waals surface area contributed by atoms with Crippen LogP contribution in [0.15, 0.2) is 0 Å². The molecule has 0 heterocycles. The van der Waals surface area contributed by atoms with Crippen molar-refractivity contribution in [3.8, 4) is 0 Å². The van der Waals surface area contributed by atoms with Crippen molar-refractivity contribution in [2.24, 2.45) is 0 Å². The average Bonchev–Trinajstić information content (AvgIpc) is 2.08. The minimum atomic E-state index is -5.79. The van der Waals surface area contributed by atoms with Crippen molar-refractivity contribution in [3.63, 3.8) is 0 Å². The molecule has 0 aromatic heterocycles. The van der Waals surface area contributed by atoms with E-state index >= 15 is 0 Å². The van der Waals surface area contributed by atoms with E-state index in [1.54, 1.807) is 0 Å². The first-order chi connectivity index (χ1) is 7.40. The van der Waals surface area contributed by atoms with Crippen LogP contribution in [0.3, 0.4) is 0 Å². The minimum Gasteiger partial charge on any atom is -0.425 e. The van der Waals surface area contributed by atoms with E-state index < -0.39 is 30.6 Å². The second-order valence-electron chi connectivity index (χ2n) is 3.25. The highest BCUT2D eigenvalue weighted by molar-refractivity contribution is 5.66. The SMILES string of the molecule is CCN(C)C(OC(C)=O)(C(F)(F)F)C(F)(F)F. The van der Waals surface area contributed by atoms with Gasteiger partial charge in [0.2, 0.25) is 0 Å². The second kappa shape index (κ2) is 4.71. The maximum atomic E-state index is 12.6. The van der Waals surface area contributed by atoms with Gasteiger partial charge in [0.05, 0.1) is 0 Å². The van der Waals surface area contributed by atoms with Gasteiger partial charge in [0.15, 0.2) is 0 Å². The third kappa shape index (κ3) is 2.82. The van der Waals surface area contributed by atoms with Gasteiger partial charge in [-0.2, -0.15) is 26.3 Å². The number of rotatable bonds is 3. The topological polar surface area (TPSA) is 29.5 Å². The molecule has 0 spiro atoms. The Morgan fingerprint density at radius 1 is 1.12 bits per heavy atom. The Morgan fingerprint density at radius 3 is 1.65 bits per heavy atom. The Bertz CT molecular complexity index is 271. The number of carbonyl (C=O) groups is 1. The molecule has 0 amide bonds. The molecule has 0 unspecified atom stereocenters. The standard InChI is InChI=1S/C8H11F6NO2/c1-4-15(3)6(7(9,10)11,8(12,13)14)17-5(2)16/h4H2,1-3H3. The third-order valence-corrected chi connectivity index (χ3v) is 2.07. The molecule has 0 aliphatic rings. The smallest absolute Gasteiger partial charge is 0.425 e. The average molecular weight is 267 g/mol. The lowest BCUT2D eigenvalue weighted by Crippen LogP contribution is -2.68. The summed E-state index contributed by atoms with van der Waals surface area (Å²) < 4.78 is 79.3. The highest BCUT2D eigenvalue weighted by Crippen LogP contribution is 2.47. The van der Waals surface area contributed by atoms with Crippen molar-refractivity contribution >= 4 is 5.97 Å². The first-order valence-electron chi connectivity index (χ1n) is 4.44. The van der Waals surface area contributed by atoms with E-state index in [0.29, 0.717) is 14.0 Å². The molecule has 0 atom stereocenters. The molecule has 17 heavy (non-hydrogen) atoms. The number of hydrogen-bond acceptors (Lipinski definition) is 3. The molecule has 102 valence electrons. The molecule has 0 N–H and O–H groups in total. The van der Waals surface area contributed by atoms with Crippen molar-refractivity contribution in [1.29, 1.82) is 0 Å². The van der Waals surface area contributed by atoms with Gasteiger partial charge in [-0.15, -0.1) is 0 Å². The number of hydrogen-bond donors (Lipinski definition) is 0. The Balaban J connectivity index is 5.81. The fraction of sp³-hybridized carbons (Fsp3) is 0.875. The Hall–Kier alpha value is -0.990. The molecule has 0 aliphatic heterocycles. The van der Waals surface area contributed by atoms with E-state index in [2.05, 4.69) is 4.74 Å². The van der Waals surface area contributed by atoms with Crippen molar-refractivity contribution in [1.82, 2.24) is 4.90 Å². The number of alkyl halides is 6. The summed E-state index contributed by atoms with van der Waals surface area (Å²) in [5.41, 5.74) is -4.61. The van der Waals surface area contributed by atoms with Crippen LogP contribution >= 0.6 is 0 Å². The molecule has 9 heteroatoms. The van der Waals surface area contributed by atoms with Crippen LogP contribution in [0.4, 0.5) is 26.3 Å². The monoisotopic (exact) mass is 267 g/mol. The van der Waals surface area contributed by atoms with E-state index in [4.69, 9.17) is 0 Å². The molecule has 0 fully saturated rings. The van der Waals surface area contributed by atoms with Crippen LogP contribution in [-0.4, -0.2) is 42.5 Å². The number of nitrogens with zero attached hydrogens (tertiary/aromatic N) is 1. The van der Waals surface area contributed by atoms with Gasteiger partial charge in [-0.3, -0.25) is 9.69 Å². The van der Waals surface area contributed by atoms with Crippen LogP contribution in [0.5, 0.6) is 0 Å². The van der Waals surface area contributed by atoms with Crippen molar-refractivity contribution in [3.05, 3.63) is 0 Å². The lowest BCUT2D eigenvalue weighted by molar-refractivity contribution is -0.412. The molecule has 3 nitrogen and oxygen atoms in total. The van der Waals surface area contributed by atoms with Gasteiger partial charge in [0, 0.05) is 6.92 Å². The first kappa shape index (κ1) is 16.0. The zero-order valence-corrected chi connectivity index (χ0v) is 9.24. The van der Waals surface area contributed by atoms with E-state index in [-0.39, 0.29) is 4.90 Å². The van der Waals surface area contributed by atoms with E-state index in [9.17, 15) is 31.1 Å². The summed E-state index contributed by atoms with van der Waals surface area (Å²) in [6.07, 6.45) is -11.6. The molecule has 0 aliphatic carbocycles. The lowest BCUT2D eigenvalue weighted by Gasteiger charge is -2.41. The molecule has 0 saturated heterocycles. The van der Waals surface area contributed by atoms with Crippen LogP contribution in [-0.2, 0) is 9.53 Å². The van der Waals surface area contributed by atoms with Gasteiger partial charge in [0.25, 0.3) is 0 Å². The number of halogens is 6. The zero-order chi connectivity index (χ0) is 14.1. The van der Waals surface area contributed by atoms with Gasteiger partial charge in [-0.1, -0.05) is 6.92 Å². The van der Waals surface area contributed by atoms with Crippen molar-refractivity contribution in [2.45, 2.75) is 31.9 Å². The van der Waals surface area contributed by atoms with Crippen LogP contribution in [0.25, 0.3) is 0 Å². The lowest BCUT2D eigenvalue weighted by atomic mass is 10.1. The largest absolute Gasteiger partial charge is 0.452 e. The van der Waals surface area contributed by atoms with Gasteiger partial charge >= 0.3 is 24.0 Å². The zero-order valence-electron chi connectivity index (χ0n) is 9.24. The summed E-state index contributed by atoms with van der Waals surface area (Å²) >= 11 is 0. The van der Waals surface area contributed by atoms with E-state index in [1.165, 1.54) is 0 Å². The highest BCUT2D eigenvalue weighted by Gasteiger charge is 2.76. The van der Waals surface area contributed by atoms with Crippen LogP contribution in [0.1, 0.15) is 13.8 Å². The maximum absolute atomic E-state index is 12.6. The van der Waals surface area contributed by atoms with Gasteiger partial charge in [-0.25, -0.2) is 0 Å². The Labute approximate surface area is 93.3 Å². The fourth-order valence-electron chi connectivity index (χ4n) is 1.22. The quantitative estimate of drug-likeness (QED) is 0.446. The summed E-state index contributed by atoms with van der Waals surface area (Å²) in [6.45, 7) is 0.956. The van der Waals surface area contributed by atoms with Crippen LogP contribution in [0, 0.1) is 0 Å². The molecule has 0 rings (SSSR count). The summed E-state index contributed by atoms with van der Waals surface area (Å²) in [5.74, 6) is -1.67. The maximum Gasteiger partial charge on any atom is 0.452 e. The normalized spacial score (nSPS) is 14.0. The van der Waals surface area contributed by atoms with E-state index in [0.717, 1.165) is 6.92 Å². The molecule has 0 aromatic rings. The summed E-state index contributed by atoms with van der Waals surface area (Å²) in [7, 11) is 0.573. The molecule has 0 bridgehead atoms. The first-order valence-corrected chi connectivity index (χ1v) is 4.44. The van der Waals surface area contributed by atoms with Gasteiger partial charge in [0.1, 0.15) is 0 Å². The Morgan fingerprint density at radius 2 is 1.47 bits per heavy atom. The third-order valence-electron chi connectivity index (χ3n) is 2.07. The fourth-order valence-corrected chi connectivity index (χ4v) is 1.22. The van der Waals surface area contributed by atoms with Crippen LogP contribution in [0.2, 0.25) is 0 Å². The minimum absolute atomic E-state index is 0.117.